The number of nitrogens with zero attached hydrogens (tertiary/aromatic N) is 3. The molecular formula is C15H18BrN3O2. The van der Waals surface area contributed by atoms with Gasteiger partial charge < -0.3 is 9.80 Å². The van der Waals surface area contributed by atoms with Gasteiger partial charge >= 0.3 is 0 Å². The number of hydrogen-bond acceptors (Lipinski definition) is 3. The molecule has 1 aromatic heterocycles. The van der Waals surface area contributed by atoms with Gasteiger partial charge in [0.25, 0.3) is 5.91 Å². The number of carbonyl (C=O) groups is 2. The fraction of sp³-hybridized carbons (Fsp3) is 0.533. The lowest BCUT2D eigenvalue weighted by Crippen LogP contribution is -2.57. The van der Waals surface area contributed by atoms with Crippen molar-refractivity contribution in [1.29, 1.82) is 0 Å². The van der Waals surface area contributed by atoms with Crippen molar-refractivity contribution in [3.8, 4) is 0 Å². The van der Waals surface area contributed by atoms with E-state index in [9.17, 15) is 9.59 Å². The topological polar surface area (TPSA) is 53.5 Å². The Kier molecular flexibility index (Phi) is 3.97. The summed E-state index contributed by atoms with van der Waals surface area (Å²) in [6.45, 7) is 1.16. The average molecular weight is 352 g/mol. The Morgan fingerprint density at radius 2 is 2.14 bits per heavy atom. The summed E-state index contributed by atoms with van der Waals surface area (Å²) in [5, 5.41) is 0. The van der Waals surface area contributed by atoms with E-state index >= 15 is 0 Å². The predicted molar refractivity (Wildman–Crippen MR) is 81.7 cm³/mol. The van der Waals surface area contributed by atoms with E-state index in [0.29, 0.717) is 29.3 Å². The van der Waals surface area contributed by atoms with Crippen LogP contribution in [0.25, 0.3) is 0 Å². The lowest BCUT2D eigenvalue weighted by molar-refractivity contribution is -0.139. The lowest BCUT2D eigenvalue weighted by atomic mass is 10.0. The first-order valence-electron chi connectivity index (χ1n) is 7.25. The number of hydrogen-bond donors (Lipinski definition) is 0. The van der Waals surface area contributed by atoms with Gasteiger partial charge in [0.2, 0.25) is 5.91 Å². The second kappa shape index (κ2) is 5.75. The van der Waals surface area contributed by atoms with Gasteiger partial charge in [-0.3, -0.25) is 9.59 Å². The quantitative estimate of drug-likeness (QED) is 0.781. The summed E-state index contributed by atoms with van der Waals surface area (Å²) in [4.78, 5) is 32.7. The van der Waals surface area contributed by atoms with Gasteiger partial charge in [-0.15, -0.1) is 0 Å². The summed E-state index contributed by atoms with van der Waals surface area (Å²) in [5.41, 5.74) is 0.391. The molecule has 3 rings (SSSR count). The number of piperazine rings is 1. The van der Waals surface area contributed by atoms with Crippen molar-refractivity contribution in [3.05, 3.63) is 28.5 Å². The SMILES string of the molecule is CN1CCN(C(=O)c2cccc(Br)n2)C(CC2CC2)C1=O. The van der Waals surface area contributed by atoms with Crippen LogP contribution in [0.4, 0.5) is 0 Å². The zero-order valence-electron chi connectivity index (χ0n) is 12.0. The Morgan fingerprint density at radius 1 is 1.38 bits per heavy atom. The van der Waals surface area contributed by atoms with Gasteiger partial charge in [-0.05, 0) is 40.4 Å². The zero-order chi connectivity index (χ0) is 15.0. The predicted octanol–water partition coefficient (Wildman–Crippen LogP) is 1.93. The zero-order valence-corrected chi connectivity index (χ0v) is 13.5. The van der Waals surface area contributed by atoms with Gasteiger partial charge in [-0.2, -0.15) is 0 Å². The number of carbonyl (C=O) groups excluding carboxylic acids is 2. The first-order valence-corrected chi connectivity index (χ1v) is 8.04. The van der Waals surface area contributed by atoms with Crippen LogP contribution in [0.3, 0.4) is 0 Å². The molecule has 0 radical (unpaired) electrons. The van der Waals surface area contributed by atoms with E-state index < -0.39 is 0 Å². The van der Waals surface area contributed by atoms with Crippen LogP contribution in [0.15, 0.2) is 22.8 Å². The van der Waals surface area contributed by atoms with Crippen LogP contribution in [-0.2, 0) is 4.79 Å². The molecule has 0 spiro atoms. The summed E-state index contributed by atoms with van der Waals surface area (Å²) in [7, 11) is 1.81. The molecule has 5 nitrogen and oxygen atoms in total. The molecule has 112 valence electrons. The van der Waals surface area contributed by atoms with E-state index in [-0.39, 0.29) is 17.9 Å². The Morgan fingerprint density at radius 3 is 2.81 bits per heavy atom. The van der Waals surface area contributed by atoms with Gasteiger partial charge in [0.05, 0.1) is 0 Å². The third kappa shape index (κ3) is 3.10. The van der Waals surface area contributed by atoms with Gasteiger partial charge in [0.15, 0.2) is 0 Å². The smallest absolute Gasteiger partial charge is 0.273 e. The molecule has 6 heteroatoms. The van der Waals surface area contributed by atoms with Gasteiger partial charge in [-0.1, -0.05) is 18.9 Å². The van der Waals surface area contributed by atoms with E-state index in [2.05, 4.69) is 20.9 Å². The summed E-state index contributed by atoms with van der Waals surface area (Å²) in [6, 6.07) is 4.94. The second-order valence-electron chi connectivity index (χ2n) is 5.80. The van der Waals surface area contributed by atoms with Crippen LogP contribution in [0.2, 0.25) is 0 Å². The fourth-order valence-electron chi connectivity index (χ4n) is 2.73. The Labute approximate surface area is 132 Å². The molecule has 1 saturated heterocycles. The molecule has 0 aromatic carbocycles. The van der Waals surface area contributed by atoms with Crippen molar-refractivity contribution in [3.63, 3.8) is 0 Å². The number of pyridine rings is 1. The van der Waals surface area contributed by atoms with Gasteiger partial charge in [0, 0.05) is 20.1 Å². The maximum atomic E-state index is 12.7. The number of likely N-dealkylation sites (N-methyl/N-ethyl adjacent to an activating group) is 1. The number of amides is 2. The number of aromatic nitrogens is 1. The summed E-state index contributed by atoms with van der Waals surface area (Å²) < 4.78 is 0.632. The van der Waals surface area contributed by atoms with E-state index in [1.807, 2.05) is 0 Å². The molecule has 1 aliphatic carbocycles. The first kappa shape index (κ1) is 14.5. The molecule has 1 unspecified atom stereocenters. The van der Waals surface area contributed by atoms with Crippen molar-refractivity contribution in [2.75, 3.05) is 20.1 Å². The molecule has 1 atom stereocenters. The van der Waals surface area contributed by atoms with E-state index in [1.165, 1.54) is 12.8 Å². The van der Waals surface area contributed by atoms with Gasteiger partial charge in [-0.25, -0.2) is 4.98 Å². The first-order chi connectivity index (χ1) is 10.1. The number of halogens is 1. The molecule has 2 fully saturated rings. The van der Waals surface area contributed by atoms with Crippen molar-refractivity contribution in [1.82, 2.24) is 14.8 Å². The molecule has 1 aliphatic heterocycles. The minimum atomic E-state index is -0.329. The van der Waals surface area contributed by atoms with Crippen LogP contribution in [0.5, 0.6) is 0 Å². The highest BCUT2D eigenvalue weighted by molar-refractivity contribution is 9.10. The lowest BCUT2D eigenvalue weighted by Gasteiger charge is -2.39. The third-order valence-electron chi connectivity index (χ3n) is 4.16. The van der Waals surface area contributed by atoms with Crippen LogP contribution >= 0.6 is 15.9 Å². The standard InChI is InChI=1S/C15H18BrN3O2/c1-18-7-8-19(12(15(18)21)9-10-5-6-10)14(20)11-3-2-4-13(16)17-11/h2-4,10,12H,5-9H2,1H3. The molecule has 1 saturated carbocycles. The molecular weight excluding hydrogens is 334 g/mol. The molecule has 21 heavy (non-hydrogen) atoms. The van der Waals surface area contributed by atoms with Crippen LogP contribution in [0.1, 0.15) is 29.8 Å². The third-order valence-corrected chi connectivity index (χ3v) is 4.60. The molecule has 1 aromatic rings. The van der Waals surface area contributed by atoms with Crippen LogP contribution in [-0.4, -0.2) is 52.8 Å². The van der Waals surface area contributed by atoms with Crippen LogP contribution < -0.4 is 0 Å². The minimum Gasteiger partial charge on any atom is -0.342 e. The second-order valence-corrected chi connectivity index (χ2v) is 6.61. The van der Waals surface area contributed by atoms with Crippen molar-refractivity contribution in [2.24, 2.45) is 5.92 Å². The summed E-state index contributed by atoms with van der Waals surface area (Å²) in [5.74, 6) is 0.496. The van der Waals surface area contributed by atoms with Crippen LogP contribution in [0, 0.1) is 5.92 Å². The normalized spacial score (nSPS) is 22.6. The molecule has 2 heterocycles. The molecule has 0 bridgehead atoms. The summed E-state index contributed by atoms with van der Waals surface area (Å²) in [6.07, 6.45) is 3.12. The monoisotopic (exact) mass is 351 g/mol. The van der Waals surface area contributed by atoms with E-state index in [4.69, 9.17) is 0 Å². The highest BCUT2D eigenvalue weighted by atomic mass is 79.9. The molecule has 0 N–H and O–H groups in total. The molecule has 2 amide bonds. The highest BCUT2D eigenvalue weighted by Crippen LogP contribution is 2.36. The Bertz CT molecular complexity index is 574. The van der Waals surface area contributed by atoms with Crippen molar-refractivity contribution < 1.29 is 9.59 Å². The maximum Gasteiger partial charge on any atom is 0.273 e. The highest BCUT2D eigenvalue weighted by Gasteiger charge is 2.40. The van der Waals surface area contributed by atoms with E-state index in [1.54, 1.807) is 35.0 Å². The van der Waals surface area contributed by atoms with Crippen molar-refractivity contribution in [2.45, 2.75) is 25.3 Å². The molecule has 2 aliphatic rings. The Hall–Kier alpha value is -1.43. The van der Waals surface area contributed by atoms with Gasteiger partial charge in [0.1, 0.15) is 16.3 Å². The maximum absolute atomic E-state index is 12.7. The largest absolute Gasteiger partial charge is 0.342 e. The van der Waals surface area contributed by atoms with E-state index in [0.717, 1.165) is 6.42 Å². The Balaban J connectivity index is 1.83. The average Bonchev–Trinajstić information content (AvgIpc) is 3.27. The summed E-state index contributed by atoms with van der Waals surface area (Å²) >= 11 is 3.28. The minimum absolute atomic E-state index is 0.0523. The number of rotatable bonds is 3. The fourth-order valence-corrected chi connectivity index (χ4v) is 3.07. The van der Waals surface area contributed by atoms with Crippen molar-refractivity contribution >= 4 is 27.7 Å².